The van der Waals surface area contributed by atoms with E-state index in [4.69, 9.17) is 5.73 Å². The second-order valence-corrected chi connectivity index (χ2v) is 3.37. The van der Waals surface area contributed by atoms with Crippen molar-refractivity contribution in [3.05, 3.63) is 48.3 Å². The third kappa shape index (κ3) is 2.00. The molecular formula is C12H10N2O2. The summed E-state index contributed by atoms with van der Waals surface area (Å²) in [4.78, 5) is 14.7. The Morgan fingerprint density at radius 1 is 1.12 bits per heavy atom. The smallest absolute Gasteiger partial charge is 0.248 e. The molecule has 80 valence electrons. The van der Waals surface area contributed by atoms with Gasteiger partial charge >= 0.3 is 0 Å². The maximum atomic E-state index is 10.9. The van der Waals surface area contributed by atoms with Gasteiger partial charge in [-0.15, -0.1) is 0 Å². The molecular weight excluding hydrogens is 204 g/mol. The third-order valence-corrected chi connectivity index (χ3v) is 2.23. The topological polar surface area (TPSA) is 76.2 Å². The summed E-state index contributed by atoms with van der Waals surface area (Å²) < 4.78 is 0. The van der Waals surface area contributed by atoms with Gasteiger partial charge in [-0.3, -0.25) is 9.78 Å². The number of carbonyl (C=O) groups excluding carboxylic acids is 1. The Labute approximate surface area is 92.4 Å². The number of nitrogens with two attached hydrogens (primary N) is 1. The summed E-state index contributed by atoms with van der Waals surface area (Å²) in [5.41, 5.74) is 7.25. The molecule has 0 aliphatic rings. The maximum absolute atomic E-state index is 10.9. The number of hydrogen-bond acceptors (Lipinski definition) is 3. The number of aromatic hydroxyl groups is 1. The molecule has 1 aromatic heterocycles. The average molecular weight is 214 g/mol. The predicted octanol–water partition coefficient (Wildman–Crippen LogP) is 1.55. The summed E-state index contributed by atoms with van der Waals surface area (Å²) in [5.74, 6) is -0.350. The second-order valence-electron chi connectivity index (χ2n) is 3.37. The Bertz CT molecular complexity index is 521. The molecule has 0 saturated carbocycles. The van der Waals surface area contributed by atoms with Crippen LogP contribution in [0.4, 0.5) is 0 Å². The zero-order chi connectivity index (χ0) is 11.5. The first kappa shape index (κ1) is 10.2. The van der Waals surface area contributed by atoms with Crippen molar-refractivity contribution < 1.29 is 9.90 Å². The maximum Gasteiger partial charge on any atom is 0.248 e. The van der Waals surface area contributed by atoms with Crippen molar-refractivity contribution in [2.24, 2.45) is 5.73 Å². The molecule has 1 amide bonds. The minimum atomic E-state index is -0.458. The van der Waals surface area contributed by atoms with Gasteiger partial charge < -0.3 is 10.8 Å². The molecule has 0 atom stereocenters. The normalized spacial score (nSPS) is 10.0. The molecule has 2 rings (SSSR count). The van der Waals surface area contributed by atoms with Gasteiger partial charge in [0.25, 0.3) is 0 Å². The molecule has 0 bridgehead atoms. The fraction of sp³-hybridized carbons (Fsp3) is 0. The van der Waals surface area contributed by atoms with E-state index in [9.17, 15) is 9.90 Å². The number of amides is 1. The second kappa shape index (κ2) is 4.02. The first-order chi connectivity index (χ1) is 7.66. The van der Waals surface area contributed by atoms with E-state index < -0.39 is 5.91 Å². The van der Waals surface area contributed by atoms with Crippen LogP contribution < -0.4 is 5.73 Å². The van der Waals surface area contributed by atoms with Crippen molar-refractivity contribution in [3.8, 4) is 16.9 Å². The summed E-state index contributed by atoms with van der Waals surface area (Å²) in [6.07, 6.45) is 3.00. The average Bonchev–Trinajstić information content (AvgIpc) is 2.29. The molecule has 16 heavy (non-hydrogen) atoms. The van der Waals surface area contributed by atoms with E-state index in [0.29, 0.717) is 5.56 Å². The Morgan fingerprint density at radius 3 is 2.38 bits per heavy atom. The Kier molecular flexibility index (Phi) is 2.55. The molecule has 1 aromatic carbocycles. The Balaban J connectivity index is 2.38. The summed E-state index contributed by atoms with van der Waals surface area (Å²) in [6, 6.07) is 8.41. The minimum absolute atomic E-state index is 0.108. The molecule has 3 N–H and O–H groups in total. The molecule has 0 aliphatic carbocycles. The SMILES string of the molecule is NC(=O)c1ccc(-c2cncc(O)c2)cc1. The van der Waals surface area contributed by atoms with E-state index in [1.54, 1.807) is 36.5 Å². The third-order valence-electron chi connectivity index (χ3n) is 2.23. The highest BCUT2D eigenvalue weighted by Crippen LogP contribution is 2.21. The van der Waals surface area contributed by atoms with Gasteiger partial charge in [-0.05, 0) is 23.8 Å². The number of aromatic nitrogens is 1. The summed E-state index contributed by atoms with van der Waals surface area (Å²) in [6.45, 7) is 0. The minimum Gasteiger partial charge on any atom is -0.506 e. The number of rotatable bonds is 2. The predicted molar refractivity (Wildman–Crippen MR) is 59.9 cm³/mol. The van der Waals surface area contributed by atoms with Crippen molar-refractivity contribution in [3.63, 3.8) is 0 Å². The lowest BCUT2D eigenvalue weighted by atomic mass is 10.1. The van der Waals surface area contributed by atoms with Gasteiger partial charge in [-0.1, -0.05) is 12.1 Å². The number of pyridine rings is 1. The van der Waals surface area contributed by atoms with E-state index in [1.807, 2.05) is 0 Å². The Morgan fingerprint density at radius 2 is 1.81 bits per heavy atom. The number of carbonyl (C=O) groups is 1. The largest absolute Gasteiger partial charge is 0.506 e. The highest BCUT2D eigenvalue weighted by Gasteiger charge is 2.02. The van der Waals surface area contributed by atoms with Crippen molar-refractivity contribution in [1.82, 2.24) is 4.98 Å². The molecule has 0 radical (unpaired) electrons. The van der Waals surface area contributed by atoms with Crippen LogP contribution in [0.25, 0.3) is 11.1 Å². The number of primary amides is 1. The van der Waals surface area contributed by atoms with Crippen LogP contribution in [0, 0.1) is 0 Å². The fourth-order valence-electron chi connectivity index (χ4n) is 1.41. The van der Waals surface area contributed by atoms with Crippen molar-refractivity contribution in [2.45, 2.75) is 0 Å². The molecule has 4 nitrogen and oxygen atoms in total. The highest BCUT2D eigenvalue weighted by atomic mass is 16.3. The molecule has 2 aromatic rings. The first-order valence-electron chi connectivity index (χ1n) is 4.71. The molecule has 0 aliphatic heterocycles. The van der Waals surface area contributed by atoms with Crippen LogP contribution in [0.3, 0.4) is 0 Å². The zero-order valence-corrected chi connectivity index (χ0v) is 8.42. The number of hydrogen-bond donors (Lipinski definition) is 2. The van der Waals surface area contributed by atoms with Crippen LogP contribution in [0.2, 0.25) is 0 Å². The molecule has 1 heterocycles. The van der Waals surface area contributed by atoms with Crippen LogP contribution >= 0.6 is 0 Å². The molecule has 4 heteroatoms. The number of nitrogens with zero attached hydrogens (tertiary/aromatic N) is 1. The first-order valence-corrected chi connectivity index (χ1v) is 4.71. The molecule has 0 spiro atoms. The van der Waals surface area contributed by atoms with Gasteiger partial charge in [0.15, 0.2) is 0 Å². The lowest BCUT2D eigenvalue weighted by Gasteiger charge is -2.02. The van der Waals surface area contributed by atoms with Crippen molar-refractivity contribution >= 4 is 5.91 Å². The lowest BCUT2D eigenvalue weighted by molar-refractivity contribution is 0.100. The Hall–Kier alpha value is -2.36. The van der Waals surface area contributed by atoms with Crippen molar-refractivity contribution in [2.75, 3.05) is 0 Å². The van der Waals surface area contributed by atoms with Gasteiger partial charge in [-0.25, -0.2) is 0 Å². The fourth-order valence-corrected chi connectivity index (χ4v) is 1.41. The standard InChI is InChI=1S/C12H10N2O2/c13-12(16)9-3-1-8(2-4-9)10-5-11(15)7-14-6-10/h1-7,15H,(H2,13,16). The summed E-state index contributed by atoms with van der Waals surface area (Å²) in [5, 5.41) is 9.28. The van der Waals surface area contributed by atoms with Crippen LogP contribution in [0.1, 0.15) is 10.4 Å². The van der Waals surface area contributed by atoms with Crippen molar-refractivity contribution in [1.29, 1.82) is 0 Å². The molecule has 0 saturated heterocycles. The number of benzene rings is 1. The highest BCUT2D eigenvalue weighted by molar-refractivity contribution is 5.93. The van der Waals surface area contributed by atoms with Gasteiger partial charge in [0.2, 0.25) is 5.91 Å². The van der Waals surface area contributed by atoms with Crippen LogP contribution in [0.15, 0.2) is 42.7 Å². The monoisotopic (exact) mass is 214 g/mol. The van der Waals surface area contributed by atoms with E-state index in [-0.39, 0.29) is 5.75 Å². The van der Waals surface area contributed by atoms with Gasteiger partial charge in [-0.2, -0.15) is 0 Å². The lowest BCUT2D eigenvalue weighted by Crippen LogP contribution is -2.10. The van der Waals surface area contributed by atoms with E-state index in [0.717, 1.165) is 11.1 Å². The summed E-state index contributed by atoms with van der Waals surface area (Å²) in [7, 11) is 0. The van der Waals surface area contributed by atoms with E-state index in [2.05, 4.69) is 4.98 Å². The van der Waals surface area contributed by atoms with Crippen LogP contribution in [-0.2, 0) is 0 Å². The van der Waals surface area contributed by atoms with E-state index >= 15 is 0 Å². The van der Waals surface area contributed by atoms with Crippen LogP contribution in [-0.4, -0.2) is 16.0 Å². The van der Waals surface area contributed by atoms with Gasteiger partial charge in [0.1, 0.15) is 5.75 Å². The van der Waals surface area contributed by atoms with Crippen LogP contribution in [0.5, 0.6) is 5.75 Å². The quantitative estimate of drug-likeness (QED) is 0.796. The van der Waals surface area contributed by atoms with E-state index in [1.165, 1.54) is 6.20 Å². The molecule has 0 fully saturated rings. The summed E-state index contributed by atoms with van der Waals surface area (Å²) >= 11 is 0. The van der Waals surface area contributed by atoms with Gasteiger partial charge in [0, 0.05) is 17.3 Å². The van der Waals surface area contributed by atoms with Gasteiger partial charge in [0.05, 0.1) is 6.20 Å². The zero-order valence-electron chi connectivity index (χ0n) is 8.42. The molecule has 0 unspecified atom stereocenters.